The first-order chi connectivity index (χ1) is 9.69. The van der Waals surface area contributed by atoms with Gasteiger partial charge >= 0.3 is 0 Å². The Morgan fingerprint density at radius 2 is 1.85 bits per heavy atom. The largest absolute Gasteiger partial charge is 0.324 e. The first-order valence-electron chi connectivity index (χ1n) is 5.91. The van der Waals surface area contributed by atoms with Crippen LogP contribution in [-0.2, 0) is 4.79 Å². The second kappa shape index (κ2) is 7.26. The molecule has 2 aromatic carbocycles. The van der Waals surface area contributed by atoms with E-state index in [9.17, 15) is 9.59 Å². The summed E-state index contributed by atoms with van der Waals surface area (Å²) in [5.41, 5.74) is 1.39. The van der Waals surface area contributed by atoms with Crippen molar-refractivity contribution >= 4 is 45.6 Å². The number of para-hydroxylation sites is 1. The normalized spacial score (nSPS) is 10.1. The van der Waals surface area contributed by atoms with Crippen LogP contribution in [0, 0.1) is 0 Å². The zero-order valence-corrected chi connectivity index (χ0v) is 12.9. The van der Waals surface area contributed by atoms with Crippen LogP contribution in [0.5, 0.6) is 0 Å². The van der Waals surface area contributed by atoms with E-state index in [1.54, 1.807) is 12.1 Å². The molecule has 2 aromatic rings. The molecule has 0 spiro atoms. The van der Waals surface area contributed by atoms with Crippen LogP contribution in [-0.4, -0.2) is 17.9 Å². The molecule has 20 heavy (non-hydrogen) atoms. The summed E-state index contributed by atoms with van der Waals surface area (Å²) in [6, 6.07) is 14.6. The van der Waals surface area contributed by atoms with Crippen molar-refractivity contribution in [2.45, 2.75) is 4.90 Å². The Bertz CT molecular complexity index is 614. The SMILES string of the molecule is O=Cc1ccc(SCC(=O)Nc2ccccc2Br)cc1. The third-order valence-electron chi connectivity index (χ3n) is 2.53. The number of benzene rings is 2. The maximum absolute atomic E-state index is 11.9. The Labute approximate surface area is 129 Å². The number of nitrogens with one attached hydrogen (secondary N) is 1. The number of aldehydes is 1. The third kappa shape index (κ3) is 4.21. The molecule has 0 aliphatic carbocycles. The van der Waals surface area contributed by atoms with Crippen LogP contribution in [0.1, 0.15) is 10.4 Å². The first-order valence-corrected chi connectivity index (χ1v) is 7.69. The molecular weight excluding hydrogens is 338 g/mol. The highest BCUT2D eigenvalue weighted by molar-refractivity contribution is 9.10. The van der Waals surface area contributed by atoms with E-state index in [1.165, 1.54) is 11.8 Å². The summed E-state index contributed by atoms with van der Waals surface area (Å²) < 4.78 is 0.855. The number of halogens is 1. The van der Waals surface area contributed by atoms with E-state index in [-0.39, 0.29) is 5.91 Å². The summed E-state index contributed by atoms with van der Waals surface area (Å²) in [4.78, 5) is 23.4. The molecule has 3 nitrogen and oxygen atoms in total. The lowest BCUT2D eigenvalue weighted by Crippen LogP contribution is -2.14. The van der Waals surface area contributed by atoms with Crippen LogP contribution in [0.25, 0.3) is 0 Å². The zero-order chi connectivity index (χ0) is 14.4. The van der Waals surface area contributed by atoms with E-state index in [0.717, 1.165) is 21.3 Å². The minimum atomic E-state index is -0.0682. The second-order valence-corrected chi connectivity index (χ2v) is 5.91. The van der Waals surface area contributed by atoms with Gasteiger partial charge in [0.2, 0.25) is 5.91 Å². The fourth-order valence-corrected chi connectivity index (χ4v) is 2.62. The van der Waals surface area contributed by atoms with Crippen molar-refractivity contribution in [1.29, 1.82) is 0 Å². The number of hydrogen-bond acceptors (Lipinski definition) is 3. The zero-order valence-electron chi connectivity index (χ0n) is 10.5. The molecule has 102 valence electrons. The highest BCUT2D eigenvalue weighted by Crippen LogP contribution is 2.22. The number of anilines is 1. The number of amides is 1. The molecule has 0 aliphatic rings. The van der Waals surface area contributed by atoms with Crippen molar-refractivity contribution in [3.8, 4) is 0 Å². The maximum Gasteiger partial charge on any atom is 0.234 e. The summed E-state index contributed by atoms with van der Waals surface area (Å²) in [5.74, 6) is 0.253. The lowest BCUT2D eigenvalue weighted by molar-refractivity contribution is -0.113. The fraction of sp³-hybridized carbons (Fsp3) is 0.0667. The van der Waals surface area contributed by atoms with Crippen LogP contribution in [0.3, 0.4) is 0 Å². The number of rotatable bonds is 5. The van der Waals surface area contributed by atoms with Gasteiger partial charge in [-0.2, -0.15) is 0 Å². The quantitative estimate of drug-likeness (QED) is 0.655. The van der Waals surface area contributed by atoms with Gasteiger partial charge in [0.05, 0.1) is 11.4 Å². The van der Waals surface area contributed by atoms with E-state index in [1.807, 2.05) is 36.4 Å². The summed E-state index contributed by atoms with van der Waals surface area (Å²) in [5, 5.41) is 2.84. The molecule has 1 N–H and O–H groups in total. The molecule has 0 atom stereocenters. The van der Waals surface area contributed by atoms with Crippen LogP contribution in [0.4, 0.5) is 5.69 Å². The summed E-state index contributed by atoms with van der Waals surface area (Å²) in [6.45, 7) is 0. The Kier molecular flexibility index (Phi) is 5.38. The number of carbonyl (C=O) groups is 2. The molecule has 0 fully saturated rings. The number of hydrogen-bond donors (Lipinski definition) is 1. The lowest BCUT2D eigenvalue weighted by Gasteiger charge is -2.07. The number of thioether (sulfide) groups is 1. The van der Waals surface area contributed by atoms with Gasteiger partial charge in [0.15, 0.2) is 0 Å². The molecule has 2 rings (SSSR count). The van der Waals surface area contributed by atoms with Gasteiger partial charge in [-0.25, -0.2) is 0 Å². The molecule has 0 heterocycles. The predicted molar refractivity (Wildman–Crippen MR) is 85.3 cm³/mol. The molecule has 0 unspecified atom stereocenters. The van der Waals surface area contributed by atoms with Crippen molar-refractivity contribution in [2.75, 3.05) is 11.1 Å². The summed E-state index contributed by atoms with van der Waals surface area (Å²) in [7, 11) is 0. The fourth-order valence-electron chi connectivity index (χ4n) is 1.54. The van der Waals surface area contributed by atoms with Crippen LogP contribution in [0.2, 0.25) is 0 Å². The molecule has 0 bridgehead atoms. The molecular formula is C15H12BrNO2S. The van der Waals surface area contributed by atoms with E-state index in [0.29, 0.717) is 11.3 Å². The van der Waals surface area contributed by atoms with E-state index in [4.69, 9.17) is 0 Å². The molecule has 0 radical (unpaired) electrons. The smallest absolute Gasteiger partial charge is 0.234 e. The predicted octanol–water partition coefficient (Wildman–Crippen LogP) is 3.99. The van der Waals surface area contributed by atoms with Crippen molar-refractivity contribution in [3.05, 3.63) is 58.6 Å². The van der Waals surface area contributed by atoms with Gasteiger partial charge in [0.1, 0.15) is 6.29 Å². The maximum atomic E-state index is 11.9. The Morgan fingerprint density at radius 3 is 2.50 bits per heavy atom. The van der Waals surface area contributed by atoms with Crippen LogP contribution >= 0.6 is 27.7 Å². The molecule has 1 amide bonds. The lowest BCUT2D eigenvalue weighted by atomic mass is 10.2. The average molecular weight is 350 g/mol. The van der Waals surface area contributed by atoms with Gasteiger partial charge in [-0.3, -0.25) is 9.59 Å². The summed E-state index contributed by atoms with van der Waals surface area (Å²) >= 11 is 4.81. The second-order valence-electron chi connectivity index (χ2n) is 4.00. The van der Waals surface area contributed by atoms with Crippen LogP contribution in [0.15, 0.2) is 57.9 Å². The minimum Gasteiger partial charge on any atom is -0.324 e. The Hall–Kier alpha value is -1.59. The van der Waals surface area contributed by atoms with Gasteiger partial charge in [-0.05, 0) is 40.2 Å². The Morgan fingerprint density at radius 1 is 1.15 bits per heavy atom. The molecule has 0 saturated heterocycles. The number of carbonyl (C=O) groups excluding carboxylic acids is 2. The average Bonchev–Trinajstić information content (AvgIpc) is 2.48. The highest BCUT2D eigenvalue weighted by Gasteiger charge is 2.05. The standard InChI is InChI=1S/C15H12BrNO2S/c16-13-3-1-2-4-14(13)17-15(19)10-20-12-7-5-11(9-18)6-8-12/h1-9H,10H2,(H,17,19). The van der Waals surface area contributed by atoms with Gasteiger partial charge in [0.25, 0.3) is 0 Å². The molecule has 0 aromatic heterocycles. The van der Waals surface area contributed by atoms with Crippen molar-refractivity contribution in [2.24, 2.45) is 0 Å². The minimum absolute atomic E-state index is 0.0682. The van der Waals surface area contributed by atoms with Gasteiger partial charge in [0, 0.05) is 14.9 Å². The van der Waals surface area contributed by atoms with Crippen molar-refractivity contribution in [3.63, 3.8) is 0 Å². The highest BCUT2D eigenvalue weighted by atomic mass is 79.9. The van der Waals surface area contributed by atoms with Crippen LogP contribution < -0.4 is 5.32 Å². The van der Waals surface area contributed by atoms with E-state index < -0.39 is 0 Å². The molecule has 0 saturated carbocycles. The van der Waals surface area contributed by atoms with Gasteiger partial charge < -0.3 is 5.32 Å². The summed E-state index contributed by atoms with van der Waals surface area (Å²) in [6.07, 6.45) is 0.800. The third-order valence-corrected chi connectivity index (χ3v) is 4.24. The van der Waals surface area contributed by atoms with E-state index in [2.05, 4.69) is 21.2 Å². The van der Waals surface area contributed by atoms with Gasteiger partial charge in [-0.1, -0.05) is 24.3 Å². The van der Waals surface area contributed by atoms with E-state index >= 15 is 0 Å². The molecule has 5 heteroatoms. The van der Waals surface area contributed by atoms with Crippen molar-refractivity contribution in [1.82, 2.24) is 0 Å². The van der Waals surface area contributed by atoms with Gasteiger partial charge in [-0.15, -0.1) is 11.8 Å². The monoisotopic (exact) mass is 349 g/mol. The Balaban J connectivity index is 1.88. The van der Waals surface area contributed by atoms with Crippen molar-refractivity contribution < 1.29 is 9.59 Å². The first kappa shape index (κ1) is 14.8. The topological polar surface area (TPSA) is 46.2 Å². The molecule has 0 aliphatic heterocycles.